The normalized spacial score (nSPS) is 11.8. The van der Waals surface area contributed by atoms with Gasteiger partial charge >= 0.3 is 0 Å². The molecule has 2 rings (SSSR count). The molecule has 0 aliphatic rings. The molecule has 0 saturated heterocycles. The Balaban J connectivity index is 2.16. The molecule has 2 aromatic carbocycles. The summed E-state index contributed by atoms with van der Waals surface area (Å²) >= 11 is 9.29. The van der Waals surface area contributed by atoms with Crippen molar-refractivity contribution in [3.8, 4) is 5.75 Å². The van der Waals surface area contributed by atoms with Crippen LogP contribution in [0.5, 0.6) is 5.75 Å². The molecule has 0 heterocycles. The molecule has 0 aromatic heterocycles. The minimum Gasteiger partial charge on any atom is -0.496 e. The fourth-order valence-electron chi connectivity index (χ4n) is 1.96. The highest BCUT2D eigenvalue weighted by Crippen LogP contribution is 2.24. The molecule has 110 valence electrons. The van der Waals surface area contributed by atoms with Crippen molar-refractivity contribution < 1.29 is 9.53 Å². The molecule has 0 spiro atoms. The number of carbonyl (C=O) groups excluding carboxylic acids is 1. The topological polar surface area (TPSA) is 38.3 Å². The highest BCUT2D eigenvalue weighted by atomic mass is 79.9. The number of methoxy groups -OCH3 is 1. The van der Waals surface area contributed by atoms with Gasteiger partial charge in [0.05, 0.1) is 18.7 Å². The molecule has 0 aliphatic heterocycles. The first-order valence-electron chi connectivity index (χ1n) is 6.41. The van der Waals surface area contributed by atoms with Crippen LogP contribution in [0.25, 0.3) is 0 Å². The lowest BCUT2D eigenvalue weighted by molar-refractivity contribution is 0.0937. The van der Waals surface area contributed by atoms with E-state index in [0.717, 1.165) is 10.0 Å². The van der Waals surface area contributed by atoms with Crippen LogP contribution >= 0.6 is 27.5 Å². The van der Waals surface area contributed by atoms with E-state index in [9.17, 15) is 4.79 Å². The Morgan fingerprint density at radius 3 is 2.52 bits per heavy atom. The SMILES string of the molecule is COc1cc(Cl)ccc1C(=O)NC(C)c1ccc(Br)cc1. The number of carbonyl (C=O) groups is 1. The van der Waals surface area contributed by atoms with E-state index >= 15 is 0 Å². The molecular weight excluding hydrogens is 354 g/mol. The van der Waals surface area contributed by atoms with Crippen molar-refractivity contribution in [1.29, 1.82) is 0 Å². The van der Waals surface area contributed by atoms with Crippen LogP contribution in [0.1, 0.15) is 28.9 Å². The Morgan fingerprint density at radius 1 is 1.24 bits per heavy atom. The highest BCUT2D eigenvalue weighted by molar-refractivity contribution is 9.10. The molecule has 0 fully saturated rings. The predicted octanol–water partition coefficient (Wildman–Crippen LogP) is 4.60. The maximum absolute atomic E-state index is 12.3. The molecule has 2 aromatic rings. The highest BCUT2D eigenvalue weighted by Gasteiger charge is 2.15. The van der Waals surface area contributed by atoms with Crippen molar-refractivity contribution in [3.63, 3.8) is 0 Å². The standard InChI is InChI=1S/C16H15BrClNO2/c1-10(11-3-5-12(17)6-4-11)19-16(20)14-8-7-13(18)9-15(14)21-2/h3-10H,1-2H3,(H,19,20). The van der Waals surface area contributed by atoms with Crippen molar-refractivity contribution in [3.05, 3.63) is 63.1 Å². The van der Waals surface area contributed by atoms with Gasteiger partial charge < -0.3 is 10.1 Å². The monoisotopic (exact) mass is 367 g/mol. The molecule has 5 heteroatoms. The Bertz CT molecular complexity index is 643. The van der Waals surface area contributed by atoms with Crippen molar-refractivity contribution in [1.82, 2.24) is 5.32 Å². The smallest absolute Gasteiger partial charge is 0.255 e. The number of halogens is 2. The second-order valence-electron chi connectivity index (χ2n) is 4.59. The lowest BCUT2D eigenvalue weighted by Crippen LogP contribution is -2.27. The Morgan fingerprint density at radius 2 is 1.90 bits per heavy atom. The molecule has 21 heavy (non-hydrogen) atoms. The third kappa shape index (κ3) is 3.99. The summed E-state index contributed by atoms with van der Waals surface area (Å²) in [5.41, 5.74) is 1.49. The van der Waals surface area contributed by atoms with E-state index in [1.54, 1.807) is 18.2 Å². The summed E-state index contributed by atoms with van der Waals surface area (Å²) in [7, 11) is 1.51. The van der Waals surface area contributed by atoms with Gasteiger partial charge in [0.25, 0.3) is 5.91 Å². The summed E-state index contributed by atoms with van der Waals surface area (Å²) in [6.45, 7) is 1.93. The minimum atomic E-state index is -0.195. The van der Waals surface area contributed by atoms with Gasteiger partial charge in [-0.05, 0) is 42.8 Å². The van der Waals surface area contributed by atoms with Gasteiger partial charge in [0, 0.05) is 9.50 Å². The maximum Gasteiger partial charge on any atom is 0.255 e. The van der Waals surface area contributed by atoms with Crippen LogP contribution in [-0.4, -0.2) is 13.0 Å². The van der Waals surface area contributed by atoms with Gasteiger partial charge in [-0.15, -0.1) is 0 Å². The molecule has 1 atom stereocenters. The summed E-state index contributed by atoms with van der Waals surface area (Å²) in [4.78, 5) is 12.3. The average Bonchev–Trinajstić information content (AvgIpc) is 2.47. The molecule has 1 N–H and O–H groups in total. The molecular formula is C16H15BrClNO2. The molecule has 0 radical (unpaired) electrons. The first-order valence-corrected chi connectivity index (χ1v) is 7.58. The van der Waals surface area contributed by atoms with E-state index in [4.69, 9.17) is 16.3 Å². The summed E-state index contributed by atoms with van der Waals surface area (Å²) in [5.74, 6) is 0.266. The summed E-state index contributed by atoms with van der Waals surface area (Å²) in [5, 5.41) is 3.48. The van der Waals surface area contributed by atoms with Crippen LogP contribution < -0.4 is 10.1 Å². The second-order valence-corrected chi connectivity index (χ2v) is 5.94. The fourth-order valence-corrected chi connectivity index (χ4v) is 2.39. The van der Waals surface area contributed by atoms with Gasteiger partial charge in [0.1, 0.15) is 5.75 Å². The summed E-state index contributed by atoms with van der Waals surface area (Å²) < 4.78 is 6.20. The zero-order valence-electron chi connectivity index (χ0n) is 11.7. The van der Waals surface area contributed by atoms with Crippen LogP contribution in [0.3, 0.4) is 0 Å². The second kappa shape index (κ2) is 6.96. The van der Waals surface area contributed by atoms with E-state index in [1.807, 2.05) is 31.2 Å². The molecule has 0 aliphatic carbocycles. The Hall–Kier alpha value is -1.52. The summed E-state index contributed by atoms with van der Waals surface area (Å²) in [6.07, 6.45) is 0. The van der Waals surface area contributed by atoms with Crippen LogP contribution in [0, 0.1) is 0 Å². The van der Waals surface area contributed by atoms with E-state index in [-0.39, 0.29) is 11.9 Å². The number of ether oxygens (including phenoxy) is 1. The Kier molecular flexibility index (Phi) is 5.26. The number of nitrogens with one attached hydrogen (secondary N) is 1. The zero-order valence-corrected chi connectivity index (χ0v) is 14.0. The quantitative estimate of drug-likeness (QED) is 0.856. The van der Waals surface area contributed by atoms with E-state index < -0.39 is 0 Å². The van der Waals surface area contributed by atoms with Gasteiger partial charge in [-0.25, -0.2) is 0 Å². The molecule has 1 amide bonds. The van der Waals surface area contributed by atoms with Crippen LogP contribution in [0.15, 0.2) is 46.9 Å². The van der Waals surface area contributed by atoms with Gasteiger partial charge in [0.15, 0.2) is 0 Å². The minimum absolute atomic E-state index is 0.106. The number of hydrogen-bond acceptors (Lipinski definition) is 2. The van der Waals surface area contributed by atoms with Crippen molar-refractivity contribution >= 4 is 33.4 Å². The maximum atomic E-state index is 12.3. The Labute approximate surface area is 137 Å². The molecule has 1 unspecified atom stereocenters. The van der Waals surface area contributed by atoms with Crippen LogP contribution in [-0.2, 0) is 0 Å². The lowest BCUT2D eigenvalue weighted by atomic mass is 10.1. The molecule has 0 saturated carbocycles. The first kappa shape index (κ1) is 15.9. The largest absolute Gasteiger partial charge is 0.496 e. The van der Waals surface area contributed by atoms with E-state index in [1.165, 1.54) is 7.11 Å². The fraction of sp³-hybridized carbons (Fsp3) is 0.188. The third-order valence-electron chi connectivity index (χ3n) is 3.13. The first-order chi connectivity index (χ1) is 10.0. The molecule has 3 nitrogen and oxygen atoms in total. The number of amides is 1. The van der Waals surface area contributed by atoms with Gasteiger partial charge in [-0.1, -0.05) is 39.7 Å². The van der Waals surface area contributed by atoms with Crippen molar-refractivity contribution in [2.75, 3.05) is 7.11 Å². The van der Waals surface area contributed by atoms with E-state index in [0.29, 0.717) is 16.3 Å². The van der Waals surface area contributed by atoms with Crippen molar-refractivity contribution in [2.24, 2.45) is 0 Å². The van der Waals surface area contributed by atoms with Gasteiger partial charge in [-0.3, -0.25) is 4.79 Å². The van der Waals surface area contributed by atoms with Crippen molar-refractivity contribution in [2.45, 2.75) is 13.0 Å². The number of hydrogen-bond donors (Lipinski definition) is 1. The number of benzene rings is 2. The number of rotatable bonds is 4. The predicted molar refractivity (Wildman–Crippen MR) is 88.0 cm³/mol. The van der Waals surface area contributed by atoms with E-state index in [2.05, 4.69) is 21.2 Å². The van der Waals surface area contributed by atoms with Gasteiger partial charge in [-0.2, -0.15) is 0 Å². The van der Waals surface area contributed by atoms with Gasteiger partial charge in [0.2, 0.25) is 0 Å². The average molecular weight is 369 g/mol. The van der Waals surface area contributed by atoms with Crippen LogP contribution in [0.2, 0.25) is 5.02 Å². The summed E-state index contributed by atoms with van der Waals surface area (Å²) in [6, 6.07) is 12.7. The molecule has 0 bridgehead atoms. The zero-order chi connectivity index (χ0) is 15.4. The third-order valence-corrected chi connectivity index (χ3v) is 3.89. The van der Waals surface area contributed by atoms with Crippen LogP contribution in [0.4, 0.5) is 0 Å². The lowest BCUT2D eigenvalue weighted by Gasteiger charge is -2.16.